The molecule has 2 aromatic carbocycles. The predicted molar refractivity (Wildman–Crippen MR) is 128 cm³/mol. The fourth-order valence-corrected chi connectivity index (χ4v) is 4.55. The van der Waals surface area contributed by atoms with E-state index in [-0.39, 0.29) is 29.2 Å². The molecule has 2 aromatic heterocycles. The molecule has 1 amide bonds. The minimum atomic E-state index is -0.295. The molecule has 0 spiro atoms. The molecule has 0 fully saturated rings. The predicted octanol–water partition coefficient (Wildman–Crippen LogP) is 4.27. The van der Waals surface area contributed by atoms with Crippen LogP contribution < -0.4 is 10.9 Å². The van der Waals surface area contributed by atoms with E-state index in [1.807, 2.05) is 38.2 Å². The minimum absolute atomic E-state index is 0.0143. The van der Waals surface area contributed by atoms with Crippen LogP contribution in [0.2, 0.25) is 0 Å². The fourth-order valence-electron chi connectivity index (χ4n) is 3.67. The number of amides is 1. The summed E-state index contributed by atoms with van der Waals surface area (Å²) >= 11 is 1.40. The number of thioether (sulfide) groups is 1. The Balaban J connectivity index is 1.88. The van der Waals surface area contributed by atoms with E-state index >= 15 is 0 Å². The molecule has 4 aromatic rings. The van der Waals surface area contributed by atoms with Gasteiger partial charge in [-0.15, -0.1) is 10.2 Å². The lowest BCUT2D eigenvalue weighted by atomic mass is 10.1. The van der Waals surface area contributed by atoms with Crippen molar-refractivity contribution in [2.45, 2.75) is 51.2 Å². The van der Waals surface area contributed by atoms with Gasteiger partial charge in [-0.2, -0.15) is 0 Å². The molecule has 0 unspecified atom stereocenters. The summed E-state index contributed by atoms with van der Waals surface area (Å²) in [6, 6.07) is 11.4. The van der Waals surface area contributed by atoms with Gasteiger partial charge in [0, 0.05) is 23.9 Å². The van der Waals surface area contributed by atoms with Crippen LogP contribution in [0.25, 0.3) is 16.7 Å². The van der Waals surface area contributed by atoms with Crippen molar-refractivity contribution in [3.8, 4) is 0 Å². The van der Waals surface area contributed by atoms with Crippen LogP contribution in [0.5, 0.6) is 0 Å². The molecule has 33 heavy (non-hydrogen) atoms. The van der Waals surface area contributed by atoms with Crippen molar-refractivity contribution in [2.75, 3.05) is 0 Å². The summed E-state index contributed by atoms with van der Waals surface area (Å²) in [5.74, 6) is 0.617. The van der Waals surface area contributed by atoms with Gasteiger partial charge in [0.1, 0.15) is 5.82 Å². The summed E-state index contributed by atoms with van der Waals surface area (Å²) in [6.07, 6.45) is 0. The second kappa shape index (κ2) is 9.35. The molecule has 0 aliphatic rings. The lowest BCUT2D eigenvalue weighted by Crippen LogP contribution is -2.30. The fraction of sp³-hybridized carbons (Fsp3) is 0.333. The van der Waals surface area contributed by atoms with Crippen LogP contribution in [0, 0.1) is 11.7 Å². The molecule has 172 valence electrons. The average molecular weight is 468 g/mol. The average Bonchev–Trinajstić information content (AvgIpc) is 3.18. The van der Waals surface area contributed by atoms with Gasteiger partial charge >= 0.3 is 0 Å². The highest BCUT2D eigenvalue weighted by molar-refractivity contribution is 7.98. The third kappa shape index (κ3) is 4.78. The second-order valence-electron chi connectivity index (χ2n) is 8.71. The number of carbonyl (C=O) groups excluding carboxylic acids is 1. The Morgan fingerprint density at radius 3 is 2.61 bits per heavy atom. The van der Waals surface area contributed by atoms with Crippen molar-refractivity contribution >= 4 is 34.3 Å². The van der Waals surface area contributed by atoms with Crippen LogP contribution in [0.1, 0.15) is 43.6 Å². The number of benzene rings is 2. The molecule has 0 aliphatic carbocycles. The number of aromatic nitrogens is 4. The number of rotatable bonds is 7. The Bertz CT molecular complexity index is 1390. The summed E-state index contributed by atoms with van der Waals surface area (Å²) in [4.78, 5) is 25.9. The van der Waals surface area contributed by atoms with Gasteiger partial charge in [-0.1, -0.05) is 37.7 Å². The molecular weight excluding hydrogens is 441 g/mol. The van der Waals surface area contributed by atoms with E-state index in [4.69, 9.17) is 0 Å². The van der Waals surface area contributed by atoms with Crippen LogP contribution in [-0.4, -0.2) is 31.1 Å². The van der Waals surface area contributed by atoms with E-state index in [9.17, 15) is 14.0 Å². The van der Waals surface area contributed by atoms with Gasteiger partial charge in [-0.25, -0.2) is 4.39 Å². The van der Waals surface area contributed by atoms with Gasteiger partial charge in [-0.3, -0.25) is 18.6 Å². The molecule has 1 N–H and O–H groups in total. The highest BCUT2D eigenvalue weighted by Crippen LogP contribution is 2.26. The van der Waals surface area contributed by atoms with Crippen LogP contribution in [0.4, 0.5) is 4.39 Å². The van der Waals surface area contributed by atoms with Crippen LogP contribution in [0.15, 0.2) is 52.4 Å². The molecule has 0 bridgehead atoms. The zero-order chi connectivity index (χ0) is 23.7. The van der Waals surface area contributed by atoms with Crippen LogP contribution in [0.3, 0.4) is 0 Å². The van der Waals surface area contributed by atoms with Crippen LogP contribution in [-0.2, 0) is 12.3 Å². The normalized spacial score (nSPS) is 11.7. The monoisotopic (exact) mass is 467 g/mol. The van der Waals surface area contributed by atoms with Crippen molar-refractivity contribution < 1.29 is 9.18 Å². The number of nitrogens with one attached hydrogen (secondary N) is 1. The van der Waals surface area contributed by atoms with Crippen molar-refractivity contribution in [1.82, 2.24) is 24.5 Å². The smallest absolute Gasteiger partial charge is 0.262 e. The van der Waals surface area contributed by atoms with Gasteiger partial charge < -0.3 is 5.32 Å². The van der Waals surface area contributed by atoms with Crippen LogP contribution >= 0.6 is 11.8 Å². The molecule has 0 radical (unpaired) electrons. The van der Waals surface area contributed by atoms with Gasteiger partial charge in [-0.05, 0) is 55.7 Å². The van der Waals surface area contributed by atoms with Crippen molar-refractivity contribution in [3.05, 3.63) is 69.8 Å². The maximum Gasteiger partial charge on any atom is 0.262 e. The first-order valence-electron chi connectivity index (χ1n) is 10.8. The quantitative estimate of drug-likeness (QED) is 0.411. The third-order valence-corrected chi connectivity index (χ3v) is 6.06. The van der Waals surface area contributed by atoms with Gasteiger partial charge in [0.15, 0.2) is 5.16 Å². The molecule has 9 heteroatoms. The SMILES string of the molecule is CC(C)Cn1c(=O)c2ccc(C(=O)NC(C)C)cc2n2c(SCc3cccc(F)c3)nnc12. The maximum absolute atomic E-state index is 13.6. The summed E-state index contributed by atoms with van der Waals surface area (Å²) in [7, 11) is 0. The summed E-state index contributed by atoms with van der Waals surface area (Å²) in [5.41, 5.74) is 1.66. The molecule has 0 aliphatic heterocycles. The van der Waals surface area contributed by atoms with E-state index in [2.05, 4.69) is 15.5 Å². The lowest BCUT2D eigenvalue weighted by molar-refractivity contribution is 0.0943. The maximum atomic E-state index is 13.6. The highest BCUT2D eigenvalue weighted by atomic mass is 32.2. The molecule has 4 rings (SSSR count). The zero-order valence-electron chi connectivity index (χ0n) is 19.0. The Morgan fingerprint density at radius 1 is 1.12 bits per heavy atom. The Kier molecular flexibility index (Phi) is 6.51. The number of fused-ring (bicyclic) bond motifs is 3. The lowest BCUT2D eigenvalue weighted by Gasteiger charge is -2.14. The number of halogens is 1. The number of carbonyl (C=O) groups is 1. The van der Waals surface area contributed by atoms with E-state index in [1.54, 1.807) is 28.8 Å². The molecule has 2 heterocycles. The second-order valence-corrected chi connectivity index (χ2v) is 9.65. The summed E-state index contributed by atoms with van der Waals surface area (Å²) in [6.45, 7) is 8.33. The first-order chi connectivity index (χ1) is 15.7. The molecular formula is C24H26FN5O2S. The van der Waals surface area contributed by atoms with Crippen molar-refractivity contribution in [2.24, 2.45) is 5.92 Å². The molecule has 0 atom stereocenters. The van der Waals surface area contributed by atoms with Gasteiger partial charge in [0.25, 0.3) is 11.5 Å². The van der Waals surface area contributed by atoms with Gasteiger partial charge in [0.2, 0.25) is 5.78 Å². The summed E-state index contributed by atoms with van der Waals surface area (Å²) in [5, 5.41) is 12.6. The van der Waals surface area contributed by atoms with E-state index in [0.29, 0.717) is 39.7 Å². The first-order valence-corrected chi connectivity index (χ1v) is 11.8. The first kappa shape index (κ1) is 23.0. The van der Waals surface area contributed by atoms with Crippen molar-refractivity contribution in [3.63, 3.8) is 0 Å². The topological polar surface area (TPSA) is 81.3 Å². The Labute approximate surface area is 195 Å². The molecule has 7 nitrogen and oxygen atoms in total. The third-order valence-electron chi connectivity index (χ3n) is 5.06. The molecule has 0 saturated heterocycles. The zero-order valence-corrected chi connectivity index (χ0v) is 19.8. The summed E-state index contributed by atoms with van der Waals surface area (Å²) < 4.78 is 17.0. The largest absolute Gasteiger partial charge is 0.350 e. The number of nitrogens with zero attached hydrogens (tertiary/aromatic N) is 4. The van der Waals surface area contributed by atoms with E-state index < -0.39 is 0 Å². The van der Waals surface area contributed by atoms with E-state index in [0.717, 1.165) is 5.56 Å². The number of hydrogen-bond donors (Lipinski definition) is 1. The minimum Gasteiger partial charge on any atom is -0.350 e. The Morgan fingerprint density at radius 2 is 1.91 bits per heavy atom. The van der Waals surface area contributed by atoms with Crippen molar-refractivity contribution in [1.29, 1.82) is 0 Å². The standard InChI is InChI=1S/C24H26FN5O2S/c1-14(2)12-29-22(32)19-9-8-17(21(31)26-15(3)4)11-20(19)30-23(29)27-28-24(30)33-13-16-6-5-7-18(25)10-16/h5-11,14-15H,12-13H2,1-4H3,(H,26,31). The molecule has 0 saturated carbocycles. The number of hydrogen-bond acceptors (Lipinski definition) is 5. The van der Waals surface area contributed by atoms with E-state index in [1.165, 1.54) is 23.9 Å². The van der Waals surface area contributed by atoms with Gasteiger partial charge in [0.05, 0.1) is 10.9 Å². The highest BCUT2D eigenvalue weighted by Gasteiger charge is 2.19. The Hall–Kier alpha value is -3.20.